The van der Waals surface area contributed by atoms with Gasteiger partial charge in [-0.1, -0.05) is 28.1 Å². The number of amidine groups is 1. The van der Waals surface area contributed by atoms with Crippen LogP contribution in [0.25, 0.3) is 0 Å². The van der Waals surface area contributed by atoms with Crippen LogP contribution in [0.15, 0.2) is 24.3 Å². The molecule has 0 saturated carbocycles. The van der Waals surface area contributed by atoms with Crippen molar-refractivity contribution in [1.82, 2.24) is 4.90 Å². The van der Waals surface area contributed by atoms with Crippen molar-refractivity contribution in [1.29, 1.82) is 0 Å². The van der Waals surface area contributed by atoms with Gasteiger partial charge in [0.05, 0.1) is 11.1 Å². The fourth-order valence-corrected chi connectivity index (χ4v) is 3.01. The number of nitrogens with zero attached hydrogens (tertiary/aromatic N) is 1. The first-order valence-corrected chi connectivity index (χ1v) is 7.51. The summed E-state index contributed by atoms with van der Waals surface area (Å²) in [5, 5.41) is 5.63. The molecule has 5 nitrogen and oxygen atoms in total. The van der Waals surface area contributed by atoms with E-state index in [0.29, 0.717) is 23.4 Å². The Balaban J connectivity index is 2.06. The Morgan fingerprint density at radius 1 is 1.32 bits per heavy atom. The lowest BCUT2D eigenvalue weighted by molar-refractivity contribution is -0.110. The maximum absolute atomic E-state index is 12.1. The lowest BCUT2D eigenvalue weighted by atomic mass is 10.1. The molecule has 1 atom stereocenters. The Bertz CT molecular complexity index is 515. The van der Waals surface area contributed by atoms with Gasteiger partial charge in [-0.05, 0) is 23.9 Å². The molecule has 7 heteroatoms. The van der Waals surface area contributed by atoms with Gasteiger partial charge in [-0.3, -0.25) is 25.6 Å². The average Bonchev–Trinajstić information content (AvgIpc) is 2.62. The molecular weight excluding hydrogens is 330 g/mol. The number of benzene rings is 1. The predicted octanol–water partition coefficient (Wildman–Crippen LogP) is -0.147. The van der Waals surface area contributed by atoms with Crippen molar-refractivity contribution in [2.45, 2.75) is 4.83 Å². The van der Waals surface area contributed by atoms with Crippen LogP contribution >= 0.6 is 27.7 Å². The zero-order valence-electron chi connectivity index (χ0n) is 10.0. The Labute approximate surface area is 123 Å². The first kappa shape index (κ1) is 14.1. The maximum atomic E-state index is 12.1. The predicted molar refractivity (Wildman–Crippen MR) is 78.1 cm³/mol. The highest BCUT2D eigenvalue weighted by Crippen LogP contribution is 2.24. The van der Waals surface area contributed by atoms with Gasteiger partial charge < -0.3 is 0 Å². The van der Waals surface area contributed by atoms with E-state index in [0.717, 1.165) is 0 Å². The monoisotopic (exact) mass is 342 g/mol. The minimum Gasteiger partial charge on any atom is -0.282 e. The standard InChI is InChI=1S/C12H12BrN3O2S/c13-7(6-19-12(14)15)5-16-10(17)8-3-1-2-4-9(8)11(16)18/h1-4,7H,5-6H2,(H3,14,15)/p+1. The molecule has 2 amide bonds. The van der Waals surface area contributed by atoms with Crippen LogP contribution in [0.5, 0.6) is 0 Å². The largest absolute Gasteiger partial charge is 0.299 e. The molecule has 1 aliphatic rings. The van der Waals surface area contributed by atoms with E-state index in [9.17, 15) is 9.59 Å². The van der Waals surface area contributed by atoms with E-state index in [-0.39, 0.29) is 21.8 Å². The highest BCUT2D eigenvalue weighted by Gasteiger charge is 2.35. The molecule has 1 aromatic carbocycles. The Morgan fingerprint density at radius 2 is 1.84 bits per heavy atom. The number of hydrogen-bond donors (Lipinski definition) is 2. The van der Waals surface area contributed by atoms with Gasteiger partial charge in [-0.25, -0.2) is 0 Å². The van der Waals surface area contributed by atoms with Crippen LogP contribution in [-0.2, 0) is 0 Å². The molecule has 0 bridgehead atoms. The van der Waals surface area contributed by atoms with E-state index in [1.54, 1.807) is 24.3 Å². The molecule has 0 radical (unpaired) electrons. The smallest absolute Gasteiger partial charge is 0.282 e. The number of amides is 2. The number of fused-ring (bicyclic) bond motifs is 1. The van der Waals surface area contributed by atoms with E-state index in [1.807, 2.05) is 0 Å². The SMILES string of the molecule is NC(=[NH2+])SCC(Br)CN1C(=O)c2ccccc2C1=O. The van der Waals surface area contributed by atoms with Crippen molar-refractivity contribution in [3.05, 3.63) is 35.4 Å². The zero-order valence-corrected chi connectivity index (χ0v) is 12.4. The van der Waals surface area contributed by atoms with Crippen molar-refractivity contribution < 1.29 is 15.0 Å². The number of rotatable bonds is 4. The molecule has 1 unspecified atom stereocenters. The average molecular weight is 343 g/mol. The van der Waals surface area contributed by atoms with E-state index >= 15 is 0 Å². The molecule has 0 aromatic heterocycles. The van der Waals surface area contributed by atoms with Crippen molar-refractivity contribution in [2.75, 3.05) is 12.3 Å². The molecular formula is C12H13BrN3O2S+. The highest BCUT2D eigenvalue weighted by atomic mass is 79.9. The fraction of sp³-hybridized carbons (Fsp3) is 0.250. The number of carbonyl (C=O) groups is 2. The molecule has 0 spiro atoms. The molecule has 1 heterocycles. The van der Waals surface area contributed by atoms with Gasteiger partial charge in [0.15, 0.2) is 0 Å². The molecule has 19 heavy (non-hydrogen) atoms. The summed E-state index contributed by atoms with van der Waals surface area (Å²) in [6, 6.07) is 6.83. The normalized spacial score (nSPS) is 15.5. The van der Waals surface area contributed by atoms with Crippen LogP contribution in [0.1, 0.15) is 20.7 Å². The summed E-state index contributed by atoms with van der Waals surface area (Å²) < 4.78 is 0. The third-order valence-corrected chi connectivity index (χ3v) is 4.63. The van der Waals surface area contributed by atoms with Gasteiger partial charge in [0, 0.05) is 17.1 Å². The van der Waals surface area contributed by atoms with Gasteiger partial charge >= 0.3 is 0 Å². The van der Waals surface area contributed by atoms with Crippen LogP contribution in [0.3, 0.4) is 0 Å². The van der Waals surface area contributed by atoms with Crippen molar-refractivity contribution in [3.8, 4) is 0 Å². The molecule has 0 aliphatic carbocycles. The second kappa shape index (κ2) is 5.75. The summed E-state index contributed by atoms with van der Waals surface area (Å²) >= 11 is 4.71. The molecule has 4 N–H and O–H groups in total. The van der Waals surface area contributed by atoms with Crippen LogP contribution < -0.4 is 11.1 Å². The van der Waals surface area contributed by atoms with E-state index < -0.39 is 0 Å². The number of halogens is 1. The van der Waals surface area contributed by atoms with Crippen molar-refractivity contribution in [2.24, 2.45) is 5.73 Å². The summed E-state index contributed by atoms with van der Waals surface area (Å²) in [5.41, 5.74) is 6.29. The van der Waals surface area contributed by atoms with Gasteiger partial charge in [-0.2, -0.15) is 0 Å². The highest BCUT2D eigenvalue weighted by molar-refractivity contribution is 9.09. The Hall–Kier alpha value is -1.34. The minimum absolute atomic E-state index is 0.0539. The topological polar surface area (TPSA) is 89.0 Å². The molecule has 1 aromatic rings. The van der Waals surface area contributed by atoms with Crippen LogP contribution in [0, 0.1) is 0 Å². The first-order chi connectivity index (χ1) is 9.00. The lowest BCUT2D eigenvalue weighted by Gasteiger charge is -2.17. The molecule has 0 fully saturated rings. The summed E-state index contributed by atoms with van der Waals surface area (Å²) in [5.74, 6) is 0.0925. The molecule has 0 saturated heterocycles. The number of carbonyl (C=O) groups excluding carboxylic acids is 2. The maximum Gasteiger partial charge on any atom is 0.299 e. The lowest BCUT2D eigenvalue weighted by Crippen LogP contribution is -2.44. The van der Waals surface area contributed by atoms with Crippen molar-refractivity contribution >= 4 is 44.7 Å². The zero-order chi connectivity index (χ0) is 14.0. The van der Waals surface area contributed by atoms with Gasteiger partial charge in [0.2, 0.25) is 0 Å². The fourth-order valence-electron chi connectivity index (χ4n) is 1.84. The number of imide groups is 1. The summed E-state index contributed by atoms with van der Waals surface area (Å²) in [6.45, 7) is 0.298. The third kappa shape index (κ3) is 2.98. The third-order valence-electron chi connectivity index (χ3n) is 2.69. The van der Waals surface area contributed by atoms with Crippen molar-refractivity contribution in [3.63, 3.8) is 0 Å². The first-order valence-electron chi connectivity index (χ1n) is 5.60. The number of hydrogen-bond acceptors (Lipinski definition) is 3. The number of nitrogens with two attached hydrogens (primary N) is 2. The molecule has 100 valence electrons. The molecule has 2 rings (SSSR count). The Morgan fingerprint density at radius 3 is 2.32 bits per heavy atom. The van der Waals surface area contributed by atoms with Crippen LogP contribution in [0.2, 0.25) is 0 Å². The molecule has 1 aliphatic heterocycles. The van der Waals surface area contributed by atoms with E-state index in [2.05, 4.69) is 15.9 Å². The second-order valence-electron chi connectivity index (χ2n) is 4.08. The van der Waals surface area contributed by atoms with Gasteiger partial charge in [0.25, 0.3) is 17.0 Å². The Kier molecular flexibility index (Phi) is 4.26. The second-order valence-corrected chi connectivity index (χ2v) is 6.47. The van der Waals surface area contributed by atoms with Crippen LogP contribution in [-0.4, -0.2) is 39.0 Å². The van der Waals surface area contributed by atoms with Gasteiger partial charge in [0.1, 0.15) is 0 Å². The van der Waals surface area contributed by atoms with Crippen LogP contribution in [0.4, 0.5) is 0 Å². The number of thioether (sulfide) groups is 1. The van der Waals surface area contributed by atoms with E-state index in [1.165, 1.54) is 16.7 Å². The summed E-state index contributed by atoms with van der Waals surface area (Å²) in [4.78, 5) is 25.4. The minimum atomic E-state index is -0.250. The van der Waals surface area contributed by atoms with E-state index in [4.69, 9.17) is 11.1 Å². The summed E-state index contributed by atoms with van der Waals surface area (Å²) in [6.07, 6.45) is 0. The number of alkyl halides is 1. The summed E-state index contributed by atoms with van der Waals surface area (Å²) in [7, 11) is 0. The quantitative estimate of drug-likeness (QED) is 0.345. The van der Waals surface area contributed by atoms with Gasteiger partial charge in [-0.15, -0.1) is 0 Å².